The lowest BCUT2D eigenvalue weighted by Crippen LogP contribution is -2.06. The van der Waals surface area contributed by atoms with Gasteiger partial charge in [0.1, 0.15) is 11.6 Å². The number of hydrogen-bond donors (Lipinski definition) is 1. The van der Waals surface area contributed by atoms with Crippen LogP contribution in [0.2, 0.25) is 0 Å². The van der Waals surface area contributed by atoms with Crippen molar-refractivity contribution in [1.82, 2.24) is 4.98 Å². The number of nitrogens with one attached hydrogen (secondary N) is 1. The summed E-state index contributed by atoms with van der Waals surface area (Å²) in [4.78, 5) is 13.9. The molecule has 1 aromatic heterocycles. The van der Waals surface area contributed by atoms with Crippen LogP contribution in [-0.4, -0.2) is 4.98 Å². The first-order chi connectivity index (χ1) is 6.61. The summed E-state index contributed by atoms with van der Waals surface area (Å²) in [5, 5.41) is -0.264. The molecule has 0 aliphatic rings. The number of benzene rings is 1. The summed E-state index contributed by atoms with van der Waals surface area (Å²) in [5.41, 5.74) is -0.672. The molecule has 1 N–H and O–H groups in total. The molecule has 0 saturated heterocycles. The van der Waals surface area contributed by atoms with Crippen LogP contribution < -0.4 is 5.43 Å². The van der Waals surface area contributed by atoms with Crippen molar-refractivity contribution in [2.24, 2.45) is 0 Å². The molecule has 1 aromatic carbocycles. The molecule has 0 unspecified atom stereocenters. The highest BCUT2D eigenvalue weighted by molar-refractivity contribution is 9.10. The molecule has 2 aromatic rings. The van der Waals surface area contributed by atoms with Crippen molar-refractivity contribution in [1.29, 1.82) is 0 Å². The van der Waals surface area contributed by atoms with Crippen LogP contribution >= 0.6 is 15.9 Å². The summed E-state index contributed by atoms with van der Waals surface area (Å²) in [7, 11) is 0. The van der Waals surface area contributed by atoms with E-state index < -0.39 is 17.1 Å². The Balaban J connectivity index is 3.09. The Labute approximate surface area is 85.7 Å². The third kappa shape index (κ3) is 1.24. The number of hydrogen-bond acceptors (Lipinski definition) is 1. The third-order valence-electron chi connectivity index (χ3n) is 1.89. The monoisotopic (exact) mass is 259 g/mol. The van der Waals surface area contributed by atoms with E-state index in [1.165, 1.54) is 6.20 Å². The van der Waals surface area contributed by atoms with E-state index in [0.717, 1.165) is 12.1 Å². The summed E-state index contributed by atoms with van der Waals surface area (Å²) in [6.07, 6.45) is 1.28. The molecule has 0 spiro atoms. The summed E-state index contributed by atoms with van der Waals surface area (Å²) in [6.45, 7) is 0. The van der Waals surface area contributed by atoms with Crippen LogP contribution in [-0.2, 0) is 0 Å². The van der Waals surface area contributed by atoms with Crippen LogP contribution in [0.5, 0.6) is 0 Å². The number of halogens is 3. The highest BCUT2D eigenvalue weighted by Crippen LogP contribution is 2.17. The lowest BCUT2D eigenvalue weighted by molar-refractivity contribution is 0.614. The molecule has 5 heteroatoms. The van der Waals surface area contributed by atoms with Crippen molar-refractivity contribution in [3.8, 4) is 0 Å². The van der Waals surface area contributed by atoms with Crippen LogP contribution in [0.1, 0.15) is 0 Å². The molecule has 1 heterocycles. The van der Waals surface area contributed by atoms with Gasteiger partial charge in [0.25, 0.3) is 0 Å². The molecule has 2 nitrogen and oxygen atoms in total. The standard InChI is InChI=1S/C9H4BrF2NO/c10-4-3-13-8-6(12)2-1-5(11)7(8)9(4)14/h1-3H,(H,13,14). The highest BCUT2D eigenvalue weighted by Gasteiger charge is 2.11. The molecule has 0 fully saturated rings. The molecule has 0 aliphatic carbocycles. The summed E-state index contributed by atoms with van der Waals surface area (Å²) in [6, 6.07) is 1.90. The highest BCUT2D eigenvalue weighted by atomic mass is 79.9. The lowest BCUT2D eigenvalue weighted by Gasteiger charge is -2.00. The maximum absolute atomic E-state index is 13.2. The molecule has 72 valence electrons. The van der Waals surface area contributed by atoms with Gasteiger partial charge in [-0.05, 0) is 28.1 Å². The predicted octanol–water partition coefficient (Wildman–Crippen LogP) is 2.57. The van der Waals surface area contributed by atoms with Crippen molar-refractivity contribution in [2.45, 2.75) is 0 Å². The Bertz CT molecular complexity index is 564. The number of pyridine rings is 1. The molecular formula is C9H4BrF2NO. The van der Waals surface area contributed by atoms with Crippen molar-refractivity contribution in [3.63, 3.8) is 0 Å². The molecule has 0 aliphatic heterocycles. The zero-order valence-electron chi connectivity index (χ0n) is 6.77. The van der Waals surface area contributed by atoms with Gasteiger partial charge in [-0.2, -0.15) is 0 Å². The number of aromatic nitrogens is 1. The predicted molar refractivity (Wildman–Crippen MR) is 52.2 cm³/mol. The Morgan fingerprint density at radius 2 is 1.86 bits per heavy atom. The quantitative estimate of drug-likeness (QED) is 0.775. The van der Waals surface area contributed by atoms with E-state index in [1.807, 2.05) is 0 Å². The Morgan fingerprint density at radius 3 is 2.57 bits per heavy atom. The summed E-state index contributed by atoms with van der Waals surface area (Å²) < 4.78 is 26.5. The van der Waals surface area contributed by atoms with E-state index in [-0.39, 0.29) is 15.4 Å². The second-order valence-corrected chi connectivity index (χ2v) is 3.60. The fourth-order valence-corrected chi connectivity index (χ4v) is 1.55. The maximum Gasteiger partial charge on any atom is 0.206 e. The van der Waals surface area contributed by atoms with Crippen LogP contribution in [0.3, 0.4) is 0 Å². The lowest BCUT2D eigenvalue weighted by atomic mass is 10.2. The van der Waals surface area contributed by atoms with Crippen molar-refractivity contribution >= 4 is 26.8 Å². The van der Waals surface area contributed by atoms with Crippen LogP contribution in [0, 0.1) is 11.6 Å². The van der Waals surface area contributed by atoms with Gasteiger partial charge >= 0.3 is 0 Å². The SMILES string of the molecule is O=c1c(Br)c[nH]c2c(F)ccc(F)c12. The van der Waals surface area contributed by atoms with E-state index in [1.54, 1.807) is 0 Å². The van der Waals surface area contributed by atoms with Crippen LogP contribution in [0.25, 0.3) is 10.9 Å². The topological polar surface area (TPSA) is 32.9 Å². The molecule has 0 radical (unpaired) electrons. The molecule has 14 heavy (non-hydrogen) atoms. The van der Waals surface area contributed by atoms with Crippen molar-refractivity contribution < 1.29 is 8.78 Å². The minimum Gasteiger partial charge on any atom is -0.357 e. The van der Waals surface area contributed by atoms with E-state index in [0.29, 0.717) is 0 Å². The van der Waals surface area contributed by atoms with E-state index in [2.05, 4.69) is 20.9 Å². The third-order valence-corrected chi connectivity index (χ3v) is 2.48. The second kappa shape index (κ2) is 3.16. The molecule has 0 atom stereocenters. The molecule has 2 rings (SSSR count). The zero-order valence-corrected chi connectivity index (χ0v) is 8.36. The van der Waals surface area contributed by atoms with Gasteiger partial charge in [0, 0.05) is 6.20 Å². The fourth-order valence-electron chi connectivity index (χ4n) is 1.24. The second-order valence-electron chi connectivity index (χ2n) is 2.74. The van der Waals surface area contributed by atoms with Crippen LogP contribution in [0.4, 0.5) is 8.78 Å². The Morgan fingerprint density at radius 1 is 1.21 bits per heavy atom. The molecule has 0 saturated carbocycles. The van der Waals surface area contributed by atoms with Crippen molar-refractivity contribution in [3.05, 3.63) is 44.7 Å². The number of H-pyrrole nitrogens is 1. The molecule has 0 bridgehead atoms. The smallest absolute Gasteiger partial charge is 0.206 e. The average molecular weight is 260 g/mol. The summed E-state index contributed by atoms with van der Waals surface area (Å²) in [5.74, 6) is -1.38. The molecule has 0 amide bonds. The van der Waals surface area contributed by atoms with E-state index in [9.17, 15) is 13.6 Å². The first-order valence-electron chi connectivity index (χ1n) is 3.76. The Kier molecular flexibility index (Phi) is 2.11. The first kappa shape index (κ1) is 9.33. The zero-order chi connectivity index (χ0) is 10.3. The molecular weight excluding hydrogens is 256 g/mol. The average Bonchev–Trinajstić information content (AvgIpc) is 2.16. The minimum absolute atomic E-state index is 0.113. The van der Waals surface area contributed by atoms with E-state index in [4.69, 9.17) is 0 Å². The van der Waals surface area contributed by atoms with Gasteiger partial charge in [0.05, 0.1) is 15.4 Å². The largest absolute Gasteiger partial charge is 0.357 e. The van der Waals surface area contributed by atoms with Crippen LogP contribution in [0.15, 0.2) is 27.6 Å². The Hall–Kier alpha value is -1.23. The minimum atomic E-state index is -0.732. The number of fused-ring (bicyclic) bond motifs is 1. The number of rotatable bonds is 0. The van der Waals surface area contributed by atoms with Gasteiger partial charge in [-0.3, -0.25) is 4.79 Å². The van der Waals surface area contributed by atoms with Gasteiger partial charge in [0.2, 0.25) is 5.43 Å². The van der Waals surface area contributed by atoms with Gasteiger partial charge in [0.15, 0.2) is 0 Å². The number of aromatic amines is 1. The normalized spacial score (nSPS) is 10.8. The first-order valence-corrected chi connectivity index (χ1v) is 4.55. The maximum atomic E-state index is 13.2. The van der Waals surface area contributed by atoms with Gasteiger partial charge < -0.3 is 4.98 Å². The van der Waals surface area contributed by atoms with Gasteiger partial charge in [-0.15, -0.1) is 0 Å². The summed E-state index contributed by atoms with van der Waals surface area (Å²) >= 11 is 2.94. The van der Waals surface area contributed by atoms with Gasteiger partial charge in [-0.1, -0.05) is 0 Å². The van der Waals surface area contributed by atoms with E-state index >= 15 is 0 Å². The fraction of sp³-hybridized carbons (Fsp3) is 0. The van der Waals surface area contributed by atoms with Crippen molar-refractivity contribution in [2.75, 3.05) is 0 Å². The van der Waals surface area contributed by atoms with Gasteiger partial charge in [-0.25, -0.2) is 8.78 Å².